The van der Waals surface area contributed by atoms with Crippen LogP contribution in [0.4, 0.5) is 0 Å². The first-order valence-corrected chi connectivity index (χ1v) is 4.15. The summed E-state index contributed by atoms with van der Waals surface area (Å²) in [4.78, 5) is 0. The van der Waals surface area contributed by atoms with E-state index in [1.807, 2.05) is 13.6 Å². The van der Waals surface area contributed by atoms with E-state index >= 15 is 0 Å². The van der Waals surface area contributed by atoms with Crippen molar-refractivity contribution in [2.75, 3.05) is 13.7 Å². The molecule has 0 radical (unpaired) electrons. The Kier molecular flexibility index (Phi) is 4.77. The minimum Gasteiger partial charge on any atom is -0.436 e. The second-order valence-electron chi connectivity index (χ2n) is 3.63. The molecular weight excluding hydrogens is 139 g/mol. The van der Waals surface area contributed by atoms with Crippen LogP contribution < -0.4 is 0 Å². The monoisotopic (exact) mass is 158 g/mol. The Hall–Kier alpha value is -0.0151. The van der Waals surface area contributed by atoms with E-state index in [0.717, 1.165) is 13.0 Å². The lowest BCUT2D eigenvalue weighted by Gasteiger charge is -2.22. The molecule has 0 aromatic rings. The van der Waals surface area contributed by atoms with E-state index in [-0.39, 0.29) is 5.60 Å². The fourth-order valence-electron chi connectivity index (χ4n) is 0.642. The molecule has 0 saturated carbocycles. The predicted octanol–water partition coefficient (Wildman–Crippen LogP) is 2.07. The van der Waals surface area contributed by atoms with Crippen LogP contribution in [0.25, 0.3) is 0 Å². The molecule has 0 aliphatic carbocycles. The van der Waals surface area contributed by atoms with Gasteiger partial charge in [-0.3, -0.25) is 0 Å². The molecule has 0 fully saturated rings. The lowest BCUT2D eigenvalue weighted by molar-refractivity contribution is 0.00533. The molecule has 0 rings (SSSR count). The summed E-state index contributed by atoms with van der Waals surface area (Å²) in [7, 11) is 1.73. The van der Waals surface area contributed by atoms with Crippen molar-refractivity contribution in [3.8, 4) is 0 Å². The Morgan fingerprint density at radius 3 is 2.18 bits per heavy atom. The molecule has 66 valence electrons. The molecule has 0 aliphatic heterocycles. The van der Waals surface area contributed by atoms with Gasteiger partial charge >= 0.3 is 0 Å². The largest absolute Gasteiger partial charge is 0.436 e. The van der Waals surface area contributed by atoms with Crippen molar-refractivity contribution in [2.24, 2.45) is 0 Å². The summed E-state index contributed by atoms with van der Waals surface area (Å²) in [6.07, 6.45) is 0.946. The van der Waals surface area contributed by atoms with Crippen molar-refractivity contribution in [3.63, 3.8) is 0 Å². The number of rotatable bonds is 5. The topological polar surface area (TPSA) is 18.5 Å². The molecule has 0 aliphatic rings. The Morgan fingerprint density at radius 2 is 1.82 bits per heavy atom. The zero-order chi connectivity index (χ0) is 8.91. The van der Waals surface area contributed by atoms with E-state index in [0.29, 0.717) is 6.92 Å². The van der Waals surface area contributed by atoms with Crippen LogP contribution in [0.1, 0.15) is 20.3 Å². The number of methoxy groups -OCH3 is 1. The highest BCUT2D eigenvalue weighted by Gasteiger charge is 2.15. The SMILES string of the molecule is COC(C)(C)CCOB(C)C. The second kappa shape index (κ2) is 4.78. The van der Waals surface area contributed by atoms with E-state index in [9.17, 15) is 0 Å². The van der Waals surface area contributed by atoms with Crippen molar-refractivity contribution in [2.45, 2.75) is 39.5 Å². The van der Waals surface area contributed by atoms with Crippen LogP contribution in [-0.4, -0.2) is 26.2 Å². The summed E-state index contributed by atoms with van der Waals surface area (Å²) >= 11 is 0. The molecule has 3 heteroatoms. The number of hydrogen-bond acceptors (Lipinski definition) is 2. The quantitative estimate of drug-likeness (QED) is 0.570. The third-order valence-corrected chi connectivity index (χ3v) is 1.71. The standard InChI is InChI=1S/C8H19BO2/c1-8(2,10-5)6-7-11-9(3)4/h6-7H2,1-5H3. The van der Waals surface area contributed by atoms with Gasteiger partial charge < -0.3 is 9.39 Å². The molecule has 0 saturated heterocycles. The number of hydrogen-bond donors (Lipinski definition) is 0. The van der Waals surface area contributed by atoms with Gasteiger partial charge in [-0.1, -0.05) is 13.6 Å². The normalized spacial score (nSPS) is 11.7. The van der Waals surface area contributed by atoms with Gasteiger partial charge in [0.15, 0.2) is 0 Å². The summed E-state index contributed by atoms with van der Waals surface area (Å²) in [5, 5.41) is 0. The zero-order valence-electron chi connectivity index (χ0n) is 8.31. The van der Waals surface area contributed by atoms with Crippen molar-refractivity contribution in [1.82, 2.24) is 0 Å². The smallest absolute Gasteiger partial charge is 0.286 e. The van der Waals surface area contributed by atoms with Gasteiger partial charge in [0.25, 0.3) is 6.92 Å². The van der Waals surface area contributed by atoms with E-state index in [1.54, 1.807) is 7.11 Å². The molecule has 11 heavy (non-hydrogen) atoms. The van der Waals surface area contributed by atoms with Crippen molar-refractivity contribution < 1.29 is 9.39 Å². The molecule has 0 N–H and O–H groups in total. The van der Waals surface area contributed by atoms with Crippen LogP contribution >= 0.6 is 0 Å². The molecule has 0 aromatic heterocycles. The lowest BCUT2D eigenvalue weighted by Crippen LogP contribution is -2.25. The van der Waals surface area contributed by atoms with Gasteiger partial charge in [0.2, 0.25) is 0 Å². The summed E-state index contributed by atoms with van der Waals surface area (Å²) in [6, 6.07) is 0. The summed E-state index contributed by atoms with van der Waals surface area (Å²) in [5.41, 5.74) is -0.0467. The highest BCUT2D eigenvalue weighted by molar-refractivity contribution is 6.48. The van der Waals surface area contributed by atoms with Gasteiger partial charge in [0, 0.05) is 13.7 Å². The third-order valence-electron chi connectivity index (χ3n) is 1.71. The highest BCUT2D eigenvalue weighted by atomic mass is 16.5. The van der Waals surface area contributed by atoms with Crippen LogP contribution in [0.5, 0.6) is 0 Å². The Labute approximate surface area is 70.4 Å². The molecule has 0 bridgehead atoms. The van der Waals surface area contributed by atoms with Gasteiger partial charge in [0.05, 0.1) is 5.60 Å². The highest BCUT2D eigenvalue weighted by Crippen LogP contribution is 2.12. The van der Waals surface area contributed by atoms with Gasteiger partial charge in [-0.2, -0.15) is 0 Å². The third kappa shape index (κ3) is 6.39. The maximum atomic E-state index is 5.40. The van der Waals surface area contributed by atoms with Crippen LogP contribution in [0.2, 0.25) is 13.6 Å². The zero-order valence-corrected chi connectivity index (χ0v) is 8.31. The first kappa shape index (κ1) is 11.0. The Balaban J connectivity index is 3.38. The lowest BCUT2D eigenvalue weighted by atomic mass is 9.75. The minimum absolute atomic E-state index is 0.0467. The van der Waals surface area contributed by atoms with Crippen LogP contribution in [0, 0.1) is 0 Å². The molecule has 0 atom stereocenters. The fraction of sp³-hybridized carbons (Fsp3) is 1.00. The molecule has 0 spiro atoms. The van der Waals surface area contributed by atoms with Gasteiger partial charge in [0.1, 0.15) is 0 Å². The van der Waals surface area contributed by atoms with E-state index < -0.39 is 0 Å². The first-order chi connectivity index (χ1) is 4.98. The Morgan fingerprint density at radius 1 is 1.27 bits per heavy atom. The predicted molar refractivity (Wildman–Crippen MR) is 49.1 cm³/mol. The summed E-state index contributed by atoms with van der Waals surface area (Å²) in [6.45, 7) is 9.31. The van der Waals surface area contributed by atoms with Crippen LogP contribution in [0.15, 0.2) is 0 Å². The molecular formula is C8H19BO2. The maximum absolute atomic E-state index is 5.40. The number of ether oxygens (including phenoxy) is 1. The summed E-state index contributed by atoms with van der Waals surface area (Å²) < 4.78 is 10.6. The van der Waals surface area contributed by atoms with Crippen molar-refractivity contribution in [3.05, 3.63) is 0 Å². The van der Waals surface area contributed by atoms with Crippen molar-refractivity contribution >= 4 is 6.92 Å². The molecule has 0 unspecified atom stereocenters. The Bertz CT molecular complexity index is 102. The van der Waals surface area contributed by atoms with Gasteiger partial charge in [-0.15, -0.1) is 0 Å². The van der Waals surface area contributed by atoms with Crippen molar-refractivity contribution in [1.29, 1.82) is 0 Å². The van der Waals surface area contributed by atoms with E-state index in [1.165, 1.54) is 0 Å². The second-order valence-corrected chi connectivity index (χ2v) is 3.63. The van der Waals surface area contributed by atoms with Crippen LogP contribution in [0.3, 0.4) is 0 Å². The summed E-state index contributed by atoms with van der Waals surface area (Å²) in [5.74, 6) is 0. The van der Waals surface area contributed by atoms with Crippen LogP contribution in [-0.2, 0) is 9.39 Å². The first-order valence-electron chi connectivity index (χ1n) is 4.15. The molecule has 0 aromatic carbocycles. The average Bonchev–Trinajstić information content (AvgIpc) is 1.87. The molecule has 0 amide bonds. The minimum atomic E-state index is -0.0467. The molecule has 0 heterocycles. The molecule has 2 nitrogen and oxygen atoms in total. The van der Waals surface area contributed by atoms with E-state index in [4.69, 9.17) is 9.39 Å². The average molecular weight is 158 g/mol. The maximum Gasteiger partial charge on any atom is 0.286 e. The van der Waals surface area contributed by atoms with E-state index in [2.05, 4.69) is 13.8 Å². The van der Waals surface area contributed by atoms with Gasteiger partial charge in [-0.05, 0) is 20.3 Å². The fourth-order valence-corrected chi connectivity index (χ4v) is 0.642. The van der Waals surface area contributed by atoms with Gasteiger partial charge in [-0.25, -0.2) is 0 Å².